The highest BCUT2D eigenvalue weighted by Gasteiger charge is 2.38. The maximum Gasteiger partial charge on any atom is 0.143 e. The molecule has 9 heteroatoms. The first-order chi connectivity index (χ1) is 32.3. The summed E-state index contributed by atoms with van der Waals surface area (Å²) in [5.74, 6) is -1.03. The molecule has 0 spiro atoms. The number of phenols is 4. The zero-order valence-corrected chi connectivity index (χ0v) is 36.1. The Bertz CT molecular complexity index is 3590. The predicted molar refractivity (Wildman–Crippen MR) is 274 cm³/mol. The summed E-state index contributed by atoms with van der Waals surface area (Å²) in [7, 11) is 14.0. The number of fused-ring (bicyclic) bond motifs is 7. The topological polar surface area (TPSA) is 89.1 Å². The maximum atomic E-state index is 12.6. The number of hydrogen-bond acceptors (Lipinski definition) is 6. The molecule has 0 fully saturated rings. The summed E-state index contributed by atoms with van der Waals surface area (Å²) in [5.41, 5.74) is 8.74. The molecule has 10 aromatic rings. The number of anilines is 3. The lowest BCUT2D eigenvalue weighted by Crippen LogP contribution is -2.26. The Morgan fingerprint density at radius 1 is 0.470 bits per heavy atom. The van der Waals surface area contributed by atoms with Crippen LogP contribution in [-0.2, 0) is 0 Å². The van der Waals surface area contributed by atoms with Crippen molar-refractivity contribution in [2.24, 2.45) is 0 Å². The van der Waals surface area contributed by atoms with Gasteiger partial charge in [0, 0.05) is 27.8 Å². The van der Waals surface area contributed by atoms with Crippen molar-refractivity contribution < 1.29 is 20.4 Å². The third-order valence-electron chi connectivity index (χ3n) is 13.0. The standard InChI is InChI=1S/C57H36B2N2O4S/c58-48-46(41-23-12-16-32-14-4-6-18-36(32)41)53(63)57-51(55(48)65)60(50-49(59)52(62)47(54(64)56(50)66-57)42-24-13-17-33-15-5-7-19-37(33)42)35-30-28-34(29-31-35)38-20-8-10-26-43(38)61-44-25-3-1-2-21-39(44)40-22-9-11-27-45(40)61/h2-31,62-65H,1H2. The third kappa shape index (κ3) is 5.86. The molecule has 0 atom stereocenters. The Balaban J connectivity index is 1.08. The summed E-state index contributed by atoms with van der Waals surface area (Å²) in [6.45, 7) is 0. The number of rotatable bonds is 5. The van der Waals surface area contributed by atoms with E-state index in [1.54, 1.807) is 4.90 Å². The van der Waals surface area contributed by atoms with E-state index in [1.165, 1.54) is 10.9 Å². The number of phenolic OH excluding ortho intramolecular Hbond substituents is 4. The van der Waals surface area contributed by atoms with Crippen LogP contribution in [0.25, 0.3) is 83.7 Å². The monoisotopic (exact) mass is 866 g/mol. The number of para-hydroxylation sites is 2. The zero-order chi connectivity index (χ0) is 44.8. The molecule has 6 nitrogen and oxygen atoms in total. The highest BCUT2D eigenvalue weighted by atomic mass is 32.2. The molecule has 0 saturated heterocycles. The summed E-state index contributed by atoms with van der Waals surface area (Å²) in [6.07, 6.45) is 9.61. The van der Waals surface area contributed by atoms with Crippen LogP contribution in [0.4, 0.5) is 17.1 Å². The van der Waals surface area contributed by atoms with Crippen LogP contribution in [-0.4, -0.2) is 40.7 Å². The smallest absolute Gasteiger partial charge is 0.143 e. The van der Waals surface area contributed by atoms with E-state index >= 15 is 0 Å². The molecule has 0 bridgehead atoms. The molecular formula is C57H36B2N2O4S. The van der Waals surface area contributed by atoms with E-state index in [9.17, 15) is 20.4 Å². The number of aromatic nitrogens is 1. The summed E-state index contributed by atoms with van der Waals surface area (Å²) >= 11 is 1.06. The second kappa shape index (κ2) is 15.3. The van der Waals surface area contributed by atoms with Gasteiger partial charge < -0.3 is 29.9 Å². The van der Waals surface area contributed by atoms with Crippen molar-refractivity contribution in [2.45, 2.75) is 16.2 Å². The van der Waals surface area contributed by atoms with Crippen molar-refractivity contribution in [3.8, 4) is 62.1 Å². The van der Waals surface area contributed by atoms with Gasteiger partial charge in [0.05, 0.1) is 37.9 Å². The molecule has 4 N–H and O–H groups in total. The first-order valence-electron chi connectivity index (χ1n) is 21.7. The van der Waals surface area contributed by atoms with E-state index in [-0.39, 0.29) is 66.2 Å². The minimum atomic E-state index is -0.326. The lowest BCUT2D eigenvalue weighted by atomic mass is 9.82. The Morgan fingerprint density at radius 3 is 1.76 bits per heavy atom. The van der Waals surface area contributed by atoms with Crippen molar-refractivity contribution in [3.05, 3.63) is 181 Å². The van der Waals surface area contributed by atoms with Crippen LogP contribution in [0.2, 0.25) is 0 Å². The van der Waals surface area contributed by atoms with E-state index < -0.39 is 0 Å². The molecule has 310 valence electrons. The highest BCUT2D eigenvalue weighted by molar-refractivity contribution is 8.00. The highest BCUT2D eigenvalue weighted by Crippen LogP contribution is 2.62. The Kier molecular flexibility index (Phi) is 9.19. The summed E-state index contributed by atoms with van der Waals surface area (Å²) in [4.78, 5) is 2.20. The fourth-order valence-electron chi connectivity index (χ4n) is 9.95. The minimum absolute atomic E-state index is 0.0313. The van der Waals surface area contributed by atoms with E-state index in [0.29, 0.717) is 16.8 Å². The normalized spacial score (nSPS) is 12.9. The molecular weight excluding hydrogens is 830 g/mol. The van der Waals surface area contributed by atoms with Crippen molar-refractivity contribution in [1.82, 2.24) is 4.57 Å². The molecule has 0 unspecified atom stereocenters. The average Bonchev–Trinajstić information content (AvgIpc) is 3.47. The van der Waals surface area contributed by atoms with Gasteiger partial charge in [0.1, 0.15) is 44.4 Å². The van der Waals surface area contributed by atoms with Crippen molar-refractivity contribution in [1.29, 1.82) is 0 Å². The summed E-state index contributed by atoms with van der Waals surface area (Å²) in [5, 5.41) is 54.3. The van der Waals surface area contributed by atoms with Gasteiger partial charge >= 0.3 is 0 Å². The fourth-order valence-corrected chi connectivity index (χ4v) is 11.1. The molecule has 9 aromatic carbocycles. The number of benzene rings is 9. The van der Waals surface area contributed by atoms with Gasteiger partial charge in [-0.25, -0.2) is 0 Å². The van der Waals surface area contributed by atoms with E-state index in [2.05, 4.69) is 65.3 Å². The fraction of sp³-hybridized carbons (Fsp3) is 0.0175. The lowest BCUT2D eigenvalue weighted by molar-refractivity contribution is 0.446. The average molecular weight is 867 g/mol. The second-order valence-corrected chi connectivity index (χ2v) is 17.6. The van der Waals surface area contributed by atoms with Gasteiger partial charge in [0.2, 0.25) is 0 Å². The van der Waals surface area contributed by atoms with Gasteiger partial charge in [-0.2, -0.15) is 0 Å². The molecule has 4 radical (unpaired) electrons. The van der Waals surface area contributed by atoms with Crippen molar-refractivity contribution in [3.63, 3.8) is 0 Å². The van der Waals surface area contributed by atoms with Crippen LogP contribution in [0.5, 0.6) is 23.0 Å². The Hall–Kier alpha value is -8.00. The molecule has 1 aromatic heterocycles. The first-order valence-corrected chi connectivity index (χ1v) is 22.5. The molecule has 0 saturated carbocycles. The molecule has 2 aliphatic rings. The van der Waals surface area contributed by atoms with Crippen LogP contribution < -0.4 is 15.8 Å². The van der Waals surface area contributed by atoms with Gasteiger partial charge in [0.15, 0.2) is 0 Å². The third-order valence-corrected chi connectivity index (χ3v) is 14.1. The minimum Gasteiger partial charge on any atom is -0.508 e. The molecule has 1 aliphatic heterocycles. The molecule has 2 heterocycles. The second-order valence-electron chi connectivity index (χ2n) is 16.6. The van der Waals surface area contributed by atoms with E-state index in [1.807, 2.05) is 121 Å². The van der Waals surface area contributed by atoms with Gasteiger partial charge in [-0.1, -0.05) is 163 Å². The molecule has 0 amide bonds. The van der Waals surface area contributed by atoms with Crippen LogP contribution in [0.1, 0.15) is 17.7 Å². The Morgan fingerprint density at radius 2 is 1.03 bits per heavy atom. The zero-order valence-electron chi connectivity index (χ0n) is 35.3. The van der Waals surface area contributed by atoms with Gasteiger partial charge in [-0.15, -0.1) is 0 Å². The van der Waals surface area contributed by atoms with Crippen LogP contribution in [0, 0.1) is 0 Å². The van der Waals surface area contributed by atoms with Crippen LogP contribution >= 0.6 is 11.8 Å². The largest absolute Gasteiger partial charge is 0.508 e. The molecule has 1 aliphatic carbocycles. The maximum absolute atomic E-state index is 12.6. The summed E-state index contributed by atoms with van der Waals surface area (Å²) in [6, 6.07) is 51.5. The molecule has 12 rings (SSSR count). The summed E-state index contributed by atoms with van der Waals surface area (Å²) < 4.78 is 2.31. The van der Waals surface area contributed by atoms with E-state index in [4.69, 9.17) is 15.7 Å². The number of nitrogens with zero attached hydrogens (tertiary/aromatic N) is 2. The van der Waals surface area contributed by atoms with Crippen molar-refractivity contribution >= 4 is 100 Å². The van der Waals surface area contributed by atoms with Crippen LogP contribution in [0.15, 0.2) is 180 Å². The quantitative estimate of drug-likeness (QED) is 0.102. The number of aromatic hydroxyl groups is 4. The first kappa shape index (κ1) is 39.6. The number of allylic oxidation sites excluding steroid dienone is 2. The SMILES string of the molecule is [B]c1c(O)c2c(c(O)c1-c1cccc3ccccc13)Sc1c(O)c(-c3cccc4ccccc34)c(O)c([B])c1N2c1ccc(-c2ccccc2-n2c3c(c4ccccc42)C=CCC=C3)cc1. The Labute approximate surface area is 387 Å². The van der Waals surface area contributed by atoms with Crippen LogP contribution in [0.3, 0.4) is 0 Å². The lowest BCUT2D eigenvalue weighted by Gasteiger charge is -2.37. The van der Waals surface area contributed by atoms with Gasteiger partial charge in [0.25, 0.3) is 0 Å². The number of hydrogen-bond donors (Lipinski definition) is 4. The van der Waals surface area contributed by atoms with E-state index in [0.717, 1.165) is 67.8 Å². The van der Waals surface area contributed by atoms with Gasteiger partial charge in [-0.3, -0.25) is 0 Å². The molecule has 66 heavy (non-hydrogen) atoms. The van der Waals surface area contributed by atoms with Crippen molar-refractivity contribution in [2.75, 3.05) is 4.90 Å². The van der Waals surface area contributed by atoms with Gasteiger partial charge in [-0.05, 0) is 85.9 Å². The predicted octanol–water partition coefficient (Wildman–Crippen LogP) is 12.7.